The van der Waals surface area contributed by atoms with Gasteiger partial charge in [-0.3, -0.25) is 14.8 Å². The fourth-order valence-corrected chi connectivity index (χ4v) is 7.99. The monoisotopic (exact) mass is 418 g/mol. The van der Waals surface area contributed by atoms with Gasteiger partial charge in [-0.1, -0.05) is 30.3 Å². The molecule has 2 N–H and O–H groups in total. The lowest BCUT2D eigenvalue weighted by molar-refractivity contribution is -0.129. The van der Waals surface area contributed by atoms with Crippen LogP contribution in [0.25, 0.3) is 0 Å². The summed E-state index contributed by atoms with van der Waals surface area (Å²) in [7, 11) is 0. The highest BCUT2D eigenvalue weighted by Crippen LogP contribution is 2.62. The first-order valence-electron chi connectivity index (χ1n) is 12.2. The van der Waals surface area contributed by atoms with E-state index in [9.17, 15) is 4.79 Å². The molecule has 2 aromatic rings. The van der Waals surface area contributed by atoms with E-state index in [0.29, 0.717) is 12.5 Å². The van der Waals surface area contributed by atoms with Crippen molar-refractivity contribution in [3.8, 4) is 0 Å². The van der Waals surface area contributed by atoms with E-state index in [4.69, 9.17) is 0 Å². The molecular formula is C26H34N4O. The molecule has 1 aromatic carbocycles. The second-order valence-corrected chi connectivity index (χ2v) is 11.0. The van der Waals surface area contributed by atoms with Crippen LogP contribution in [0, 0.1) is 11.8 Å². The standard InChI is InChI=1S/C26H34N4O/c31-24(17-30-8-6-21(7-9-30)22-15-27-28-16-22)29-26-13-19-10-20(14-26)12-25(11-19,18-26)23-4-2-1-3-5-23/h1-5,15-16,19-21H,6-14,17-18H2,(H,27,28)(H,29,31)/t19-,20+,25-,26-. The number of H-pyrrole nitrogens is 1. The zero-order valence-corrected chi connectivity index (χ0v) is 18.4. The molecule has 7 rings (SSSR count). The van der Waals surface area contributed by atoms with E-state index >= 15 is 0 Å². The summed E-state index contributed by atoms with van der Waals surface area (Å²) >= 11 is 0. The minimum absolute atomic E-state index is 0.0200. The molecule has 5 aliphatic rings. The molecule has 1 aliphatic heterocycles. The fraction of sp³-hybridized carbons (Fsp3) is 0.615. The highest BCUT2D eigenvalue weighted by Gasteiger charge is 2.58. The Bertz CT molecular complexity index is 902. The quantitative estimate of drug-likeness (QED) is 0.772. The van der Waals surface area contributed by atoms with Gasteiger partial charge in [-0.15, -0.1) is 0 Å². The second kappa shape index (κ2) is 7.47. The van der Waals surface area contributed by atoms with Gasteiger partial charge in [-0.25, -0.2) is 0 Å². The van der Waals surface area contributed by atoms with Crippen LogP contribution in [0.2, 0.25) is 0 Å². The maximum absolute atomic E-state index is 13.2. The van der Waals surface area contributed by atoms with Crippen LogP contribution in [0.3, 0.4) is 0 Å². The Kier molecular flexibility index (Phi) is 4.71. The van der Waals surface area contributed by atoms with Crippen LogP contribution in [0.4, 0.5) is 0 Å². The number of carbonyl (C=O) groups is 1. The molecule has 164 valence electrons. The molecule has 0 radical (unpaired) electrons. The summed E-state index contributed by atoms with van der Waals surface area (Å²) in [6.45, 7) is 2.54. The Morgan fingerprint density at radius 1 is 1.10 bits per heavy atom. The number of piperidine rings is 1. The summed E-state index contributed by atoms with van der Waals surface area (Å²) in [5.41, 5.74) is 3.11. The third-order valence-corrected chi connectivity index (χ3v) is 8.80. The van der Waals surface area contributed by atoms with E-state index in [0.717, 1.165) is 44.2 Å². The first kappa shape index (κ1) is 19.5. The number of hydrogen-bond donors (Lipinski definition) is 2. The van der Waals surface area contributed by atoms with Gasteiger partial charge in [-0.2, -0.15) is 5.10 Å². The average Bonchev–Trinajstić information content (AvgIpc) is 3.28. The highest BCUT2D eigenvalue weighted by atomic mass is 16.2. The summed E-state index contributed by atoms with van der Waals surface area (Å²) < 4.78 is 0. The zero-order valence-electron chi connectivity index (χ0n) is 18.4. The van der Waals surface area contributed by atoms with Crippen molar-refractivity contribution in [1.29, 1.82) is 0 Å². The van der Waals surface area contributed by atoms with Crippen molar-refractivity contribution < 1.29 is 4.79 Å². The zero-order chi connectivity index (χ0) is 20.9. The van der Waals surface area contributed by atoms with Gasteiger partial charge < -0.3 is 5.32 Å². The lowest BCUT2D eigenvalue weighted by Crippen LogP contribution is -2.65. The minimum atomic E-state index is 0.0200. The van der Waals surface area contributed by atoms with E-state index < -0.39 is 0 Å². The molecule has 5 fully saturated rings. The summed E-state index contributed by atoms with van der Waals surface area (Å²) in [5.74, 6) is 2.36. The molecular weight excluding hydrogens is 384 g/mol. The number of aromatic amines is 1. The topological polar surface area (TPSA) is 61.0 Å². The molecule has 4 bridgehead atoms. The SMILES string of the molecule is O=C(CN1CCC(c2cn[nH]c2)CC1)N[C@@]12C[C@H]3C[C@@H](C1)C[C@@](c1ccccc1)(C3)C2. The highest BCUT2D eigenvalue weighted by molar-refractivity contribution is 5.79. The lowest BCUT2D eigenvalue weighted by Gasteiger charge is -2.62. The van der Waals surface area contributed by atoms with Crippen molar-refractivity contribution >= 4 is 5.91 Å². The molecule has 1 amide bonds. The van der Waals surface area contributed by atoms with Crippen LogP contribution < -0.4 is 5.32 Å². The van der Waals surface area contributed by atoms with Crippen LogP contribution in [0.1, 0.15) is 68.4 Å². The first-order chi connectivity index (χ1) is 15.1. The Morgan fingerprint density at radius 2 is 1.84 bits per heavy atom. The lowest BCUT2D eigenvalue weighted by atomic mass is 9.45. The van der Waals surface area contributed by atoms with Crippen molar-refractivity contribution in [3.63, 3.8) is 0 Å². The van der Waals surface area contributed by atoms with E-state index in [1.807, 2.05) is 12.4 Å². The molecule has 0 unspecified atom stereocenters. The average molecular weight is 419 g/mol. The predicted octanol–water partition coefficient (Wildman–Crippen LogP) is 4.00. The van der Waals surface area contributed by atoms with Crippen molar-refractivity contribution in [2.45, 2.75) is 68.2 Å². The summed E-state index contributed by atoms with van der Waals surface area (Å²) in [5, 5.41) is 10.6. The molecule has 4 aliphatic carbocycles. The minimum Gasteiger partial charge on any atom is -0.350 e. The number of carbonyl (C=O) groups excluding carboxylic acids is 1. The Hall–Kier alpha value is -2.14. The molecule has 1 saturated heterocycles. The molecule has 31 heavy (non-hydrogen) atoms. The van der Waals surface area contributed by atoms with Gasteiger partial charge in [0.2, 0.25) is 5.91 Å². The third-order valence-electron chi connectivity index (χ3n) is 8.80. The largest absolute Gasteiger partial charge is 0.350 e. The second-order valence-electron chi connectivity index (χ2n) is 11.0. The molecule has 5 heteroatoms. The first-order valence-corrected chi connectivity index (χ1v) is 12.2. The van der Waals surface area contributed by atoms with E-state index in [-0.39, 0.29) is 16.9 Å². The Labute approximate surface area is 185 Å². The number of amides is 1. The van der Waals surface area contributed by atoms with Crippen molar-refractivity contribution in [2.75, 3.05) is 19.6 Å². The third kappa shape index (κ3) is 3.61. The Balaban J connectivity index is 1.11. The maximum Gasteiger partial charge on any atom is 0.234 e. The number of nitrogens with one attached hydrogen (secondary N) is 2. The van der Waals surface area contributed by atoms with Crippen molar-refractivity contribution in [1.82, 2.24) is 20.4 Å². The van der Waals surface area contributed by atoms with Crippen LogP contribution in [0.5, 0.6) is 0 Å². The van der Waals surface area contributed by atoms with Gasteiger partial charge in [0.05, 0.1) is 12.7 Å². The van der Waals surface area contributed by atoms with Gasteiger partial charge >= 0.3 is 0 Å². The maximum atomic E-state index is 13.2. The Morgan fingerprint density at radius 3 is 2.52 bits per heavy atom. The van der Waals surface area contributed by atoms with Crippen LogP contribution in [0.15, 0.2) is 42.7 Å². The number of likely N-dealkylation sites (tertiary alicyclic amines) is 1. The van der Waals surface area contributed by atoms with Crippen LogP contribution >= 0.6 is 0 Å². The summed E-state index contributed by atoms with van der Waals surface area (Å²) in [6.07, 6.45) is 13.7. The van der Waals surface area contributed by atoms with E-state index in [2.05, 4.69) is 50.7 Å². The van der Waals surface area contributed by atoms with E-state index in [1.54, 1.807) is 0 Å². The van der Waals surface area contributed by atoms with Gasteiger partial charge in [0, 0.05) is 11.7 Å². The summed E-state index contributed by atoms with van der Waals surface area (Å²) in [4.78, 5) is 15.5. The van der Waals surface area contributed by atoms with Gasteiger partial charge in [0.15, 0.2) is 0 Å². The van der Waals surface area contributed by atoms with Crippen LogP contribution in [-0.2, 0) is 10.2 Å². The van der Waals surface area contributed by atoms with Gasteiger partial charge in [0.25, 0.3) is 0 Å². The smallest absolute Gasteiger partial charge is 0.234 e. The van der Waals surface area contributed by atoms with Crippen LogP contribution in [-0.4, -0.2) is 46.2 Å². The molecule has 1 aromatic heterocycles. The van der Waals surface area contributed by atoms with E-state index in [1.165, 1.54) is 43.2 Å². The molecule has 4 atom stereocenters. The number of nitrogens with zero attached hydrogens (tertiary/aromatic N) is 2. The van der Waals surface area contributed by atoms with Crippen molar-refractivity contribution in [2.24, 2.45) is 11.8 Å². The van der Waals surface area contributed by atoms with Gasteiger partial charge in [-0.05, 0) is 98.8 Å². The van der Waals surface area contributed by atoms with Crippen molar-refractivity contribution in [3.05, 3.63) is 53.9 Å². The number of benzene rings is 1. The molecule has 2 heterocycles. The normalized spacial score (nSPS) is 35.4. The molecule has 5 nitrogen and oxygen atoms in total. The number of hydrogen-bond acceptors (Lipinski definition) is 3. The molecule has 0 spiro atoms. The summed E-state index contributed by atoms with van der Waals surface area (Å²) in [6, 6.07) is 11.1. The fourth-order valence-electron chi connectivity index (χ4n) is 7.99. The predicted molar refractivity (Wildman–Crippen MR) is 121 cm³/mol. The number of rotatable bonds is 5. The number of aromatic nitrogens is 2. The molecule has 4 saturated carbocycles. The van der Waals surface area contributed by atoms with Gasteiger partial charge in [0.1, 0.15) is 0 Å².